The van der Waals surface area contributed by atoms with E-state index >= 15 is 0 Å². The van der Waals surface area contributed by atoms with E-state index in [-0.39, 0.29) is 16.5 Å². The molecule has 0 spiro atoms. The molecule has 1 aromatic heterocycles. The Kier molecular flexibility index (Phi) is 4.67. The standard InChI is InChI=1S/C19H20N4O3S/c24-19(21-23-13-20-17-10-3-4-11-18(17)23)14-6-5-9-16(12-14)27(25,26)22-15-7-1-2-8-15/h3-6,9-13,15,22H,1-2,7-8H2,(H,21,24). The maximum atomic E-state index is 12.6. The molecule has 0 aliphatic heterocycles. The smallest absolute Gasteiger partial charge is 0.267 e. The molecular weight excluding hydrogens is 364 g/mol. The van der Waals surface area contributed by atoms with Crippen LogP contribution < -0.4 is 10.1 Å². The predicted molar refractivity (Wildman–Crippen MR) is 102 cm³/mol. The van der Waals surface area contributed by atoms with Gasteiger partial charge in [0.05, 0.1) is 15.9 Å². The molecule has 0 atom stereocenters. The summed E-state index contributed by atoms with van der Waals surface area (Å²) >= 11 is 0. The van der Waals surface area contributed by atoms with Crippen molar-refractivity contribution in [2.24, 2.45) is 0 Å². The number of carbonyl (C=O) groups excluding carboxylic acids is 1. The van der Waals surface area contributed by atoms with Gasteiger partial charge < -0.3 is 0 Å². The van der Waals surface area contributed by atoms with Gasteiger partial charge in [-0.05, 0) is 43.2 Å². The highest BCUT2D eigenvalue weighted by molar-refractivity contribution is 7.89. The van der Waals surface area contributed by atoms with Crippen LogP contribution in [0.15, 0.2) is 59.8 Å². The second kappa shape index (κ2) is 7.13. The average Bonchev–Trinajstić information content (AvgIpc) is 3.32. The summed E-state index contributed by atoms with van der Waals surface area (Å²) in [6.07, 6.45) is 5.30. The molecular formula is C19H20N4O3S. The van der Waals surface area contributed by atoms with E-state index in [4.69, 9.17) is 0 Å². The van der Waals surface area contributed by atoms with Crippen molar-refractivity contribution in [1.29, 1.82) is 0 Å². The molecule has 3 aromatic rings. The zero-order valence-corrected chi connectivity index (χ0v) is 15.4. The monoisotopic (exact) mass is 384 g/mol. The van der Waals surface area contributed by atoms with Crippen molar-refractivity contribution in [2.45, 2.75) is 36.6 Å². The molecule has 0 unspecified atom stereocenters. The minimum Gasteiger partial charge on any atom is -0.267 e. The van der Waals surface area contributed by atoms with E-state index in [1.807, 2.05) is 24.3 Å². The molecule has 4 rings (SSSR count). The first-order valence-corrected chi connectivity index (χ1v) is 10.4. The highest BCUT2D eigenvalue weighted by Crippen LogP contribution is 2.21. The Balaban J connectivity index is 1.55. The van der Waals surface area contributed by atoms with E-state index in [9.17, 15) is 13.2 Å². The zero-order valence-electron chi connectivity index (χ0n) is 14.6. The number of para-hydroxylation sites is 2. The summed E-state index contributed by atoms with van der Waals surface area (Å²) in [6, 6.07) is 13.4. The van der Waals surface area contributed by atoms with Crippen LogP contribution in [0, 0.1) is 0 Å². The number of amides is 1. The largest absolute Gasteiger partial charge is 0.270 e. The Labute approximate surface area is 157 Å². The van der Waals surface area contributed by atoms with E-state index in [1.165, 1.54) is 23.1 Å². The third kappa shape index (κ3) is 3.72. The van der Waals surface area contributed by atoms with Crippen molar-refractivity contribution in [2.75, 3.05) is 5.43 Å². The molecule has 1 saturated carbocycles. The number of hydrogen-bond donors (Lipinski definition) is 2. The Hall–Kier alpha value is -2.71. The van der Waals surface area contributed by atoms with Gasteiger partial charge in [-0.25, -0.2) is 22.8 Å². The number of hydrogen-bond acceptors (Lipinski definition) is 4. The summed E-state index contributed by atoms with van der Waals surface area (Å²) < 4.78 is 29.4. The second-order valence-electron chi connectivity index (χ2n) is 6.67. The fourth-order valence-corrected chi connectivity index (χ4v) is 4.71. The second-order valence-corrected chi connectivity index (χ2v) is 8.39. The summed E-state index contributed by atoms with van der Waals surface area (Å²) in [5.41, 5.74) is 4.52. The number of benzene rings is 2. The minimum absolute atomic E-state index is 0.0233. The molecule has 1 heterocycles. The Bertz CT molecular complexity index is 1090. The first-order valence-electron chi connectivity index (χ1n) is 8.89. The molecule has 1 fully saturated rings. The molecule has 1 aliphatic rings. The van der Waals surface area contributed by atoms with E-state index in [2.05, 4.69) is 15.1 Å². The third-order valence-corrected chi connectivity index (χ3v) is 6.28. The van der Waals surface area contributed by atoms with Gasteiger partial charge in [-0.15, -0.1) is 0 Å². The zero-order chi connectivity index (χ0) is 18.9. The summed E-state index contributed by atoms with van der Waals surface area (Å²) in [7, 11) is -3.65. The van der Waals surface area contributed by atoms with Crippen molar-refractivity contribution in [1.82, 2.24) is 14.4 Å². The number of aromatic nitrogens is 2. The van der Waals surface area contributed by atoms with Gasteiger partial charge in [0.25, 0.3) is 5.91 Å². The van der Waals surface area contributed by atoms with Crippen molar-refractivity contribution in [3.8, 4) is 0 Å². The summed E-state index contributed by atoms with van der Waals surface area (Å²) in [5.74, 6) is -0.406. The number of sulfonamides is 1. The van der Waals surface area contributed by atoms with Crippen molar-refractivity contribution in [3.05, 3.63) is 60.4 Å². The number of rotatable bonds is 5. The lowest BCUT2D eigenvalue weighted by Gasteiger charge is -2.13. The van der Waals surface area contributed by atoms with Gasteiger partial charge in [0.15, 0.2) is 0 Å². The molecule has 8 heteroatoms. The minimum atomic E-state index is -3.65. The molecule has 2 aromatic carbocycles. The van der Waals surface area contributed by atoms with Crippen LogP contribution in [-0.4, -0.2) is 30.0 Å². The lowest BCUT2D eigenvalue weighted by molar-refractivity contribution is 0.101. The molecule has 0 bridgehead atoms. The Morgan fingerprint density at radius 3 is 2.67 bits per heavy atom. The highest BCUT2D eigenvalue weighted by Gasteiger charge is 2.23. The Morgan fingerprint density at radius 2 is 1.85 bits per heavy atom. The highest BCUT2D eigenvalue weighted by atomic mass is 32.2. The fourth-order valence-electron chi connectivity index (χ4n) is 3.36. The van der Waals surface area contributed by atoms with E-state index in [1.54, 1.807) is 12.1 Å². The first kappa shape index (κ1) is 17.7. The fraction of sp³-hybridized carbons (Fsp3) is 0.263. The summed E-state index contributed by atoms with van der Waals surface area (Å²) in [5, 5.41) is 0. The number of nitrogens with one attached hydrogen (secondary N) is 2. The Morgan fingerprint density at radius 1 is 1.07 bits per heavy atom. The van der Waals surface area contributed by atoms with Crippen LogP contribution in [0.1, 0.15) is 36.0 Å². The van der Waals surface area contributed by atoms with E-state index in [0.29, 0.717) is 0 Å². The quantitative estimate of drug-likeness (QED) is 0.707. The van der Waals surface area contributed by atoms with Gasteiger partial charge >= 0.3 is 0 Å². The van der Waals surface area contributed by atoms with Crippen LogP contribution in [0.5, 0.6) is 0 Å². The predicted octanol–water partition coefficient (Wildman–Crippen LogP) is 2.64. The SMILES string of the molecule is O=C(Nn1cnc2ccccc21)c1cccc(S(=O)(=O)NC2CCCC2)c1. The summed E-state index contributed by atoms with van der Waals surface area (Å²) in [4.78, 5) is 16.9. The molecule has 1 amide bonds. The van der Waals surface area contributed by atoms with Gasteiger partial charge in [0.2, 0.25) is 10.0 Å². The van der Waals surface area contributed by atoms with Crippen LogP contribution in [-0.2, 0) is 10.0 Å². The van der Waals surface area contributed by atoms with Gasteiger partial charge in [0.1, 0.15) is 6.33 Å². The molecule has 7 nitrogen and oxygen atoms in total. The van der Waals surface area contributed by atoms with Gasteiger partial charge in [-0.1, -0.05) is 31.0 Å². The number of carbonyl (C=O) groups is 1. The lowest BCUT2D eigenvalue weighted by atomic mass is 10.2. The number of nitrogens with zero attached hydrogens (tertiary/aromatic N) is 2. The molecule has 27 heavy (non-hydrogen) atoms. The van der Waals surface area contributed by atoms with Crippen LogP contribution in [0.25, 0.3) is 11.0 Å². The van der Waals surface area contributed by atoms with Crippen molar-refractivity contribution < 1.29 is 13.2 Å². The molecule has 140 valence electrons. The van der Waals surface area contributed by atoms with Crippen LogP contribution in [0.2, 0.25) is 0 Å². The maximum absolute atomic E-state index is 12.6. The molecule has 0 saturated heterocycles. The summed E-state index contributed by atoms with van der Waals surface area (Å²) in [6.45, 7) is 0. The third-order valence-electron chi connectivity index (χ3n) is 4.76. The topological polar surface area (TPSA) is 93.1 Å². The van der Waals surface area contributed by atoms with Crippen molar-refractivity contribution in [3.63, 3.8) is 0 Å². The van der Waals surface area contributed by atoms with E-state index < -0.39 is 15.9 Å². The average molecular weight is 384 g/mol. The number of fused-ring (bicyclic) bond motifs is 1. The van der Waals surface area contributed by atoms with Crippen molar-refractivity contribution >= 4 is 27.0 Å². The van der Waals surface area contributed by atoms with Gasteiger partial charge in [-0.3, -0.25) is 10.2 Å². The van der Waals surface area contributed by atoms with Crippen LogP contribution in [0.4, 0.5) is 0 Å². The normalized spacial score (nSPS) is 15.3. The van der Waals surface area contributed by atoms with Crippen LogP contribution in [0.3, 0.4) is 0 Å². The van der Waals surface area contributed by atoms with E-state index in [0.717, 1.165) is 36.7 Å². The first-order chi connectivity index (χ1) is 13.0. The lowest BCUT2D eigenvalue weighted by Crippen LogP contribution is -2.32. The van der Waals surface area contributed by atoms with Crippen LogP contribution >= 0.6 is 0 Å². The number of imidazole rings is 1. The maximum Gasteiger partial charge on any atom is 0.270 e. The molecule has 1 aliphatic carbocycles. The molecule has 2 N–H and O–H groups in total. The van der Waals surface area contributed by atoms with Gasteiger partial charge in [-0.2, -0.15) is 0 Å². The molecule has 0 radical (unpaired) electrons. The van der Waals surface area contributed by atoms with Gasteiger partial charge in [0, 0.05) is 11.6 Å².